The summed E-state index contributed by atoms with van der Waals surface area (Å²) in [5.41, 5.74) is 2.54. The molecule has 1 aromatic rings. The molecule has 1 fully saturated rings. The van der Waals surface area contributed by atoms with Gasteiger partial charge in [-0.2, -0.15) is 5.10 Å². The van der Waals surface area contributed by atoms with Gasteiger partial charge in [0.15, 0.2) is 0 Å². The lowest BCUT2D eigenvalue weighted by atomic mass is 10.2. The Morgan fingerprint density at radius 2 is 2.11 bits per heavy atom. The SMILES string of the molecule is CCCN(CC)c1c(CNC2CC2)c(C)nn1C. The normalized spacial score (nSPS) is 15.1. The summed E-state index contributed by atoms with van der Waals surface area (Å²) < 4.78 is 2.04. The van der Waals surface area contributed by atoms with Gasteiger partial charge in [0.1, 0.15) is 5.82 Å². The van der Waals surface area contributed by atoms with E-state index in [-0.39, 0.29) is 0 Å². The minimum absolute atomic E-state index is 0.749. The quantitative estimate of drug-likeness (QED) is 0.805. The van der Waals surface area contributed by atoms with Crippen molar-refractivity contribution in [2.45, 2.75) is 52.6 Å². The minimum atomic E-state index is 0.749. The average molecular weight is 250 g/mol. The van der Waals surface area contributed by atoms with Crippen molar-refractivity contribution >= 4 is 5.82 Å². The Balaban J connectivity index is 2.18. The lowest BCUT2D eigenvalue weighted by Gasteiger charge is -2.24. The molecule has 1 heterocycles. The van der Waals surface area contributed by atoms with Gasteiger partial charge in [-0.05, 0) is 33.1 Å². The number of rotatable bonds is 7. The molecular weight excluding hydrogens is 224 g/mol. The number of anilines is 1. The van der Waals surface area contributed by atoms with E-state index in [4.69, 9.17) is 0 Å². The van der Waals surface area contributed by atoms with Gasteiger partial charge < -0.3 is 10.2 Å². The zero-order valence-electron chi connectivity index (χ0n) is 12.2. The van der Waals surface area contributed by atoms with Crippen molar-refractivity contribution in [1.29, 1.82) is 0 Å². The number of hydrogen-bond donors (Lipinski definition) is 1. The van der Waals surface area contributed by atoms with Crippen LogP contribution in [-0.2, 0) is 13.6 Å². The molecule has 1 aliphatic carbocycles. The largest absolute Gasteiger partial charge is 0.357 e. The van der Waals surface area contributed by atoms with Crippen molar-refractivity contribution in [2.24, 2.45) is 7.05 Å². The van der Waals surface area contributed by atoms with E-state index >= 15 is 0 Å². The molecule has 1 aliphatic rings. The van der Waals surface area contributed by atoms with Gasteiger partial charge in [-0.1, -0.05) is 6.92 Å². The predicted octanol–water partition coefficient (Wildman–Crippen LogP) is 2.22. The summed E-state index contributed by atoms with van der Waals surface area (Å²) in [5.74, 6) is 1.30. The zero-order valence-corrected chi connectivity index (χ0v) is 12.2. The van der Waals surface area contributed by atoms with Gasteiger partial charge in [0.05, 0.1) is 5.69 Å². The third kappa shape index (κ3) is 2.86. The minimum Gasteiger partial charge on any atom is -0.357 e. The second kappa shape index (κ2) is 5.74. The van der Waals surface area contributed by atoms with Crippen LogP contribution in [0.15, 0.2) is 0 Å². The third-order valence-corrected chi connectivity index (χ3v) is 3.63. The summed E-state index contributed by atoms with van der Waals surface area (Å²) in [6, 6.07) is 0.749. The molecule has 0 aromatic carbocycles. The fraction of sp³-hybridized carbons (Fsp3) is 0.786. The van der Waals surface area contributed by atoms with Crippen molar-refractivity contribution < 1.29 is 0 Å². The van der Waals surface area contributed by atoms with E-state index in [1.807, 2.05) is 4.68 Å². The molecule has 0 saturated heterocycles. The van der Waals surface area contributed by atoms with Gasteiger partial charge in [0.2, 0.25) is 0 Å². The Labute approximate surface area is 110 Å². The smallest absolute Gasteiger partial charge is 0.131 e. The first-order valence-corrected chi connectivity index (χ1v) is 7.18. The van der Waals surface area contributed by atoms with Crippen LogP contribution in [0.4, 0.5) is 5.82 Å². The molecule has 0 bridgehead atoms. The maximum Gasteiger partial charge on any atom is 0.131 e. The van der Waals surface area contributed by atoms with Crippen molar-refractivity contribution in [3.05, 3.63) is 11.3 Å². The summed E-state index contributed by atoms with van der Waals surface area (Å²) in [6.07, 6.45) is 3.84. The maximum absolute atomic E-state index is 4.60. The lowest BCUT2D eigenvalue weighted by Crippen LogP contribution is -2.28. The van der Waals surface area contributed by atoms with E-state index < -0.39 is 0 Å². The Hall–Kier alpha value is -1.03. The molecule has 1 saturated carbocycles. The van der Waals surface area contributed by atoms with Gasteiger partial charge >= 0.3 is 0 Å². The standard InChI is InChI=1S/C14H26N4/c1-5-9-18(6-2)14-13(10-15-12-7-8-12)11(3)16-17(14)4/h12,15H,5-10H2,1-4H3. The van der Waals surface area contributed by atoms with Crippen LogP contribution >= 0.6 is 0 Å². The summed E-state index contributed by atoms with van der Waals surface area (Å²) in [4.78, 5) is 2.43. The highest BCUT2D eigenvalue weighted by Crippen LogP contribution is 2.25. The number of nitrogens with one attached hydrogen (secondary N) is 1. The van der Waals surface area contributed by atoms with E-state index in [1.165, 1.54) is 30.6 Å². The van der Waals surface area contributed by atoms with Crippen molar-refractivity contribution in [3.8, 4) is 0 Å². The highest BCUT2D eigenvalue weighted by atomic mass is 15.4. The maximum atomic E-state index is 4.60. The Morgan fingerprint density at radius 3 is 2.67 bits per heavy atom. The summed E-state index contributed by atoms with van der Waals surface area (Å²) in [6.45, 7) is 9.67. The molecule has 0 atom stereocenters. The third-order valence-electron chi connectivity index (χ3n) is 3.63. The van der Waals surface area contributed by atoms with E-state index in [1.54, 1.807) is 0 Å². The van der Waals surface area contributed by atoms with Gasteiger partial charge in [-0.25, -0.2) is 0 Å². The van der Waals surface area contributed by atoms with Gasteiger partial charge in [-0.3, -0.25) is 4.68 Å². The van der Waals surface area contributed by atoms with Crippen LogP contribution in [0.5, 0.6) is 0 Å². The predicted molar refractivity (Wildman–Crippen MR) is 76.0 cm³/mol. The number of aryl methyl sites for hydroxylation is 2. The second-order valence-electron chi connectivity index (χ2n) is 5.25. The van der Waals surface area contributed by atoms with E-state index in [9.17, 15) is 0 Å². The summed E-state index contributed by atoms with van der Waals surface area (Å²) >= 11 is 0. The van der Waals surface area contributed by atoms with Crippen LogP contribution in [0.3, 0.4) is 0 Å². The first kappa shape index (κ1) is 13.4. The number of aromatic nitrogens is 2. The second-order valence-corrected chi connectivity index (χ2v) is 5.25. The first-order chi connectivity index (χ1) is 8.67. The van der Waals surface area contributed by atoms with Crippen LogP contribution in [0.1, 0.15) is 44.4 Å². The molecule has 1 N–H and O–H groups in total. The fourth-order valence-corrected chi connectivity index (χ4v) is 2.51. The fourth-order valence-electron chi connectivity index (χ4n) is 2.51. The van der Waals surface area contributed by atoms with Crippen molar-refractivity contribution in [2.75, 3.05) is 18.0 Å². The van der Waals surface area contributed by atoms with Crippen LogP contribution in [0.2, 0.25) is 0 Å². The van der Waals surface area contributed by atoms with Crippen molar-refractivity contribution in [1.82, 2.24) is 15.1 Å². The van der Waals surface area contributed by atoms with E-state index in [2.05, 4.69) is 43.1 Å². The Morgan fingerprint density at radius 1 is 1.39 bits per heavy atom. The molecule has 0 amide bonds. The average Bonchev–Trinajstić information content (AvgIpc) is 3.11. The van der Waals surface area contributed by atoms with Crippen LogP contribution in [0.25, 0.3) is 0 Å². The molecule has 102 valence electrons. The van der Waals surface area contributed by atoms with E-state index in [0.717, 1.165) is 31.4 Å². The molecule has 0 radical (unpaired) electrons. The molecular formula is C14H26N4. The summed E-state index contributed by atoms with van der Waals surface area (Å²) in [5, 5.41) is 8.20. The molecule has 18 heavy (non-hydrogen) atoms. The molecule has 1 aromatic heterocycles. The lowest BCUT2D eigenvalue weighted by molar-refractivity contribution is 0.671. The molecule has 4 nitrogen and oxygen atoms in total. The number of nitrogens with zero attached hydrogens (tertiary/aromatic N) is 3. The van der Waals surface area contributed by atoms with Gasteiger partial charge in [-0.15, -0.1) is 0 Å². The first-order valence-electron chi connectivity index (χ1n) is 7.18. The Kier molecular flexibility index (Phi) is 4.27. The molecule has 4 heteroatoms. The van der Waals surface area contributed by atoms with Crippen LogP contribution < -0.4 is 10.2 Å². The van der Waals surface area contributed by atoms with Crippen LogP contribution in [0, 0.1) is 6.92 Å². The molecule has 0 aliphatic heterocycles. The highest BCUT2D eigenvalue weighted by Gasteiger charge is 2.23. The topological polar surface area (TPSA) is 33.1 Å². The number of hydrogen-bond acceptors (Lipinski definition) is 3. The zero-order chi connectivity index (χ0) is 13.1. The summed E-state index contributed by atoms with van der Waals surface area (Å²) in [7, 11) is 2.06. The van der Waals surface area contributed by atoms with Gasteiger partial charge in [0.25, 0.3) is 0 Å². The van der Waals surface area contributed by atoms with Gasteiger partial charge in [0, 0.05) is 38.3 Å². The van der Waals surface area contributed by atoms with Crippen molar-refractivity contribution in [3.63, 3.8) is 0 Å². The van der Waals surface area contributed by atoms with Crippen LogP contribution in [-0.4, -0.2) is 28.9 Å². The monoisotopic (exact) mass is 250 g/mol. The Bertz CT molecular complexity index is 393. The highest BCUT2D eigenvalue weighted by molar-refractivity contribution is 5.50. The molecule has 0 spiro atoms. The van der Waals surface area contributed by atoms with E-state index in [0.29, 0.717) is 0 Å². The molecule has 2 rings (SSSR count). The molecule has 0 unspecified atom stereocenters.